The van der Waals surface area contributed by atoms with Gasteiger partial charge in [-0.25, -0.2) is 0 Å². The number of rotatable bonds is 2. The van der Waals surface area contributed by atoms with E-state index in [9.17, 15) is 9.59 Å². The number of allylic oxidation sites excluding steroid dienone is 1. The van der Waals surface area contributed by atoms with Crippen molar-refractivity contribution in [2.45, 2.75) is 19.4 Å². The first kappa shape index (κ1) is 12.7. The third-order valence-electron chi connectivity index (χ3n) is 3.67. The molecule has 1 aliphatic carbocycles. The van der Waals surface area contributed by atoms with Crippen molar-refractivity contribution in [1.29, 1.82) is 0 Å². The van der Waals surface area contributed by atoms with E-state index in [2.05, 4.69) is 6.58 Å². The molecule has 0 aromatic heterocycles. The Morgan fingerprint density at radius 2 is 2.10 bits per heavy atom. The molecule has 0 spiro atoms. The molecule has 3 rings (SSSR count). The quantitative estimate of drug-likeness (QED) is 0.775. The molecule has 0 N–H and O–H groups in total. The lowest BCUT2D eigenvalue weighted by atomic mass is 9.86. The molecule has 1 heterocycles. The van der Waals surface area contributed by atoms with Gasteiger partial charge in [0.05, 0.1) is 18.2 Å². The number of ketones is 2. The maximum atomic E-state index is 12.5. The van der Waals surface area contributed by atoms with Crippen molar-refractivity contribution < 1.29 is 19.1 Å². The van der Waals surface area contributed by atoms with Crippen molar-refractivity contribution in [3.8, 4) is 5.75 Å². The molecule has 0 unspecified atom stereocenters. The van der Waals surface area contributed by atoms with E-state index in [0.29, 0.717) is 28.9 Å². The van der Waals surface area contributed by atoms with Gasteiger partial charge in [0.15, 0.2) is 11.5 Å². The lowest BCUT2D eigenvalue weighted by Crippen LogP contribution is -2.20. The van der Waals surface area contributed by atoms with Crippen LogP contribution in [0.15, 0.2) is 41.7 Å². The molecular formula is C16H14O4. The first-order valence-corrected chi connectivity index (χ1v) is 6.36. The van der Waals surface area contributed by atoms with Gasteiger partial charge in [-0.05, 0) is 18.6 Å². The van der Waals surface area contributed by atoms with Crippen LogP contribution in [0.4, 0.5) is 0 Å². The van der Waals surface area contributed by atoms with Crippen LogP contribution in [0.2, 0.25) is 0 Å². The highest BCUT2D eigenvalue weighted by Crippen LogP contribution is 2.40. The summed E-state index contributed by atoms with van der Waals surface area (Å²) in [7, 11) is 1.48. The molecular weight excluding hydrogens is 256 g/mol. The van der Waals surface area contributed by atoms with E-state index in [-0.39, 0.29) is 23.4 Å². The summed E-state index contributed by atoms with van der Waals surface area (Å²) in [4.78, 5) is 25.1. The van der Waals surface area contributed by atoms with Gasteiger partial charge in [-0.1, -0.05) is 18.7 Å². The van der Waals surface area contributed by atoms with Gasteiger partial charge in [-0.15, -0.1) is 0 Å². The number of carbonyl (C=O) groups is 2. The molecule has 102 valence electrons. The Labute approximate surface area is 116 Å². The van der Waals surface area contributed by atoms with Gasteiger partial charge in [-0.3, -0.25) is 9.59 Å². The van der Waals surface area contributed by atoms with Crippen molar-refractivity contribution in [3.63, 3.8) is 0 Å². The monoisotopic (exact) mass is 270 g/mol. The molecule has 1 aromatic carbocycles. The van der Waals surface area contributed by atoms with Crippen LogP contribution in [0, 0.1) is 0 Å². The standard InChI is InChI=1S/C16H14O4/c1-8(2)12-7-10-14(17)9-5-4-6-11(19-3)13(9)15(18)16(10)20-12/h4-6,12H,1,7H2,2-3H3/t12-/m1/s1. The topological polar surface area (TPSA) is 52.6 Å². The third kappa shape index (κ3) is 1.61. The first-order valence-electron chi connectivity index (χ1n) is 6.36. The molecule has 20 heavy (non-hydrogen) atoms. The van der Waals surface area contributed by atoms with Crippen LogP contribution in [0.3, 0.4) is 0 Å². The van der Waals surface area contributed by atoms with Gasteiger partial charge in [0.1, 0.15) is 11.9 Å². The lowest BCUT2D eigenvalue weighted by molar-refractivity contribution is 0.0873. The zero-order valence-corrected chi connectivity index (χ0v) is 11.4. The lowest BCUT2D eigenvalue weighted by Gasteiger charge is -2.17. The van der Waals surface area contributed by atoms with E-state index in [4.69, 9.17) is 9.47 Å². The second kappa shape index (κ2) is 4.34. The fourth-order valence-corrected chi connectivity index (χ4v) is 2.60. The van der Waals surface area contributed by atoms with Crippen LogP contribution in [0.5, 0.6) is 5.75 Å². The zero-order chi connectivity index (χ0) is 14.4. The molecule has 0 bridgehead atoms. The van der Waals surface area contributed by atoms with Crippen LogP contribution < -0.4 is 4.74 Å². The summed E-state index contributed by atoms with van der Waals surface area (Å²) in [5.41, 5.74) is 1.93. The van der Waals surface area contributed by atoms with Crippen LogP contribution in [-0.4, -0.2) is 24.8 Å². The van der Waals surface area contributed by atoms with Gasteiger partial charge in [-0.2, -0.15) is 0 Å². The Balaban J connectivity index is 2.12. The van der Waals surface area contributed by atoms with Gasteiger partial charge in [0.25, 0.3) is 0 Å². The smallest absolute Gasteiger partial charge is 0.232 e. The summed E-state index contributed by atoms with van der Waals surface area (Å²) in [6.07, 6.45) is 0.111. The molecule has 0 amide bonds. The van der Waals surface area contributed by atoms with Crippen molar-refractivity contribution in [1.82, 2.24) is 0 Å². The Bertz CT molecular complexity index is 682. The fraction of sp³-hybridized carbons (Fsp3) is 0.250. The number of Topliss-reactive ketones (excluding diaryl/α,β-unsaturated/α-hetero) is 2. The third-order valence-corrected chi connectivity index (χ3v) is 3.67. The van der Waals surface area contributed by atoms with Crippen LogP contribution in [-0.2, 0) is 4.74 Å². The van der Waals surface area contributed by atoms with Crippen LogP contribution in [0.1, 0.15) is 34.1 Å². The van der Waals surface area contributed by atoms with Crippen molar-refractivity contribution in [2.24, 2.45) is 0 Å². The van der Waals surface area contributed by atoms with Crippen LogP contribution >= 0.6 is 0 Å². The first-order chi connectivity index (χ1) is 9.54. The molecule has 4 heteroatoms. The normalized spacial score (nSPS) is 20.4. The molecule has 4 nitrogen and oxygen atoms in total. The number of carbonyl (C=O) groups excluding carboxylic acids is 2. The summed E-state index contributed by atoms with van der Waals surface area (Å²) in [5.74, 6) is 0.114. The average molecular weight is 270 g/mol. The number of methoxy groups -OCH3 is 1. The minimum Gasteiger partial charge on any atom is -0.496 e. The van der Waals surface area contributed by atoms with Crippen molar-refractivity contribution >= 4 is 11.6 Å². The minimum absolute atomic E-state index is 0.153. The summed E-state index contributed by atoms with van der Waals surface area (Å²) in [6, 6.07) is 5.02. The van der Waals surface area contributed by atoms with Crippen molar-refractivity contribution in [3.05, 3.63) is 52.8 Å². The fourth-order valence-electron chi connectivity index (χ4n) is 2.60. The Kier molecular flexibility index (Phi) is 2.74. The molecule has 2 aliphatic rings. The SMILES string of the molecule is C=C(C)[C@H]1CC2=C(O1)C(=O)c1c(OC)cccc1C2=O. The molecule has 1 atom stereocenters. The second-order valence-corrected chi connectivity index (χ2v) is 5.01. The summed E-state index contributed by atoms with van der Waals surface area (Å²) in [6.45, 7) is 5.65. The number of fused-ring (bicyclic) bond motifs is 1. The highest BCUT2D eigenvalue weighted by atomic mass is 16.5. The van der Waals surface area contributed by atoms with E-state index in [1.54, 1.807) is 18.2 Å². The highest BCUT2D eigenvalue weighted by Gasteiger charge is 2.41. The second-order valence-electron chi connectivity index (χ2n) is 5.01. The van der Waals surface area contributed by atoms with Gasteiger partial charge < -0.3 is 9.47 Å². The largest absolute Gasteiger partial charge is 0.496 e. The zero-order valence-electron chi connectivity index (χ0n) is 11.4. The van der Waals surface area contributed by atoms with E-state index in [1.807, 2.05) is 6.92 Å². The summed E-state index contributed by atoms with van der Waals surface area (Å²) < 4.78 is 10.8. The molecule has 1 aromatic rings. The molecule has 0 saturated heterocycles. The summed E-state index contributed by atoms with van der Waals surface area (Å²) in [5, 5.41) is 0. The predicted octanol–water partition coefficient (Wildman–Crippen LogP) is 2.69. The number of benzene rings is 1. The van der Waals surface area contributed by atoms with Crippen LogP contribution in [0.25, 0.3) is 0 Å². The Hall–Kier alpha value is -2.36. The molecule has 0 fully saturated rings. The number of ether oxygens (including phenoxy) is 2. The van der Waals surface area contributed by atoms with Gasteiger partial charge >= 0.3 is 0 Å². The number of hydrogen-bond donors (Lipinski definition) is 0. The van der Waals surface area contributed by atoms with E-state index in [0.717, 1.165) is 5.57 Å². The summed E-state index contributed by atoms with van der Waals surface area (Å²) >= 11 is 0. The Morgan fingerprint density at radius 3 is 2.75 bits per heavy atom. The molecule has 1 aliphatic heterocycles. The van der Waals surface area contributed by atoms with E-state index in [1.165, 1.54) is 7.11 Å². The molecule has 0 saturated carbocycles. The highest BCUT2D eigenvalue weighted by molar-refractivity contribution is 6.27. The maximum absolute atomic E-state index is 12.5. The van der Waals surface area contributed by atoms with Gasteiger partial charge in [0.2, 0.25) is 5.78 Å². The van der Waals surface area contributed by atoms with Gasteiger partial charge in [0, 0.05) is 12.0 Å². The van der Waals surface area contributed by atoms with E-state index < -0.39 is 0 Å². The number of hydrogen-bond acceptors (Lipinski definition) is 4. The van der Waals surface area contributed by atoms with E-state index >= 15 is 0 Å². The molecule has 0 radical (unpaired) electrons. The average Bonchev–Trinajstić information content (AvgIpc) is 2.89. The minimum atomic E-state index is -0.298. The maximum Gasteiger partial charge on any atom is 0.232 e. The predicted molar refractivity (Wildman–Crippen MR) is 73.0 cm³/mol. The van der Waals surface area contributed by atoms with Crippen molar-refractivity contribution in [2.75, 3.05) is 7.11 Å². The Morgan fingerprint density at radius 1 is 1.35 bits per heavy atom.